The zero-order valence-corrected chi connectivity index (χ0v) is 15.6. The molecule has 122 valence electrons. The lowest BCUT2D eigenvalue weighted by Crippen LogP contribution is -2.58. The first-order valence-electron chi connectivity index (χ1n) is 7.97. The molecular weight excluding hydrogens is 292 g/mol. The molecule has 3 nitrogen and oxygen atoms in total. The fraction of sp³-hybridized carbons (Fsp3) is 0.611. The Morgan fingerprint density at radius 1 is 1.23 bits per heavy atom. The summed E-state index contributed by atoms with van der Waals surface area (Å²) in [5, 5.41) is 0.102. The molecule has 0 radical (unpaired) electrons. The molecule has 1 unspecified atom stereocenters. The largest absolute Gasteiger partial charge is 0.469 e. The van der Waals surface area contributed by atoms with Gasteiger partial charge in [0.2, 0.25) is 0 Å². The third-order valence-electron chi connectivity index (χ3n) is 5.36. The quantitative estimate of drug-likeness (QED) is 0.606. The summed E-state index contributed by atoms with van der Waals surface area (Å²) < 4.78 is 11.8. The number of ether oxygens (including phenoxy) is 1. The molecule has 1 aliphatic carbocycles. The van der Waals surface area contributed by atoms with Gasteiger partial charge in [-0.3, -0.25) is 4.79 Å². The van der Waals surface area contributed by atoms with Crippen LogP contribution >= 0.6 is 0 Å². The predicted octanol–water partition coefficient (Wildman–Crippen LogP) is 4.49. The second-order valence-corrected chi connectivity index (χ2v) is 12.5. The van der Waals surface area contributed by atoms with E-state index in [1.165, 1.54) is 7.11 Å². The number of benzene rings is 1. The maximum Gasteiger partial charge on any atom is 0.311 e. The van der Waals surface area contributed by atoms with Crippen molar-refractivity contribution in [2.75, 3.05) is 7.11 Å². The van der Waals surface area contributed by atoms with E-state index < -0.39 is 13.9 Å². The van der Waals surface area contributed by atoms with E-state index in [0.29, 0.717) is 0 Å². The molecule has 1 aliphatic rings. The third kappa shape index (κ3) is 2.86. The molecule has 1 fully saturated rings. The van der Waals surface area contributed by atoms with Gasteiger partial charge in [0, 0.05) is 0 Å². The van der Waals surface area contributed by atoms with E-state index in [-0.39, 0.29) is 16.9 Å². The van der Waals surface area contributed by atoms with Gasteiger partial charge in [-0.15, -0.1) is 0 Å². The fourth-order valence-corrected chi connectivity index (χ4v) is 4.44. The van der Waals surface area contributed by atoms with E-state index in [2.05, 4.69) is 46.0 Å². The van der Waals surface area contributed by atoms with Crippen molar-refractivity contribution in [2.45, 2.75) is 57.3 Å². The van der Waals surface area contributed by atoms with Crippen molar-refractivity contribution in [3.05, 3.63) is 35.9 Å². The van der Waals surface area contributed by atoms with E-state index in [1.54, 1.807) is 0 Å². The predicted molar refractivity (Wildman–Crippen MR) is 91.1 cm³/mol. The lowest BCUT2D eigenvalue weighted by atomic mass is 9.65. The Labute approximate surface area is 135 Å². The maximum absolute atomic E-state index is 12.2. The van der Waals surface area contributed by atoms with Gasteiger partial charge in [0.05, 0.1) is 18.6 Å². The number of esters is 1. The zero-order valence-electron chi connectivity index (χ0n) is 14.6. The van der Waals surface area contributed by atoms with E-state index in [9.17, 15) is 4.79 Å². The molecule has 0 bridgehead atoms. The van der Waals surface area contributed by atoms with Crippen LogP contribution in [0.15, 0.2) is 30.3 Å². The number of methoxy groups -OCH3 is 1. The van der Waals surface area contributed by atoms with Crippen molar-refractivity contribution in [1.82, 2.24) is 0 Å². The summed E-state index contributed by atoms with van der Waals surface area (Å²) in [6.45, 7) is 11.2. The van der Waals surface area contributed by atoms with Gasteiger partial charge in [0.15, 0.2) is 8.32 Å². The van der Waals surface area contributed by atoms with Gasteiger partial charge in [-0.25, -0.2) is 0 Å². The highest BCUT2D eigenvalue weighted by atomic mass is 28.4. The van der Waals surface area contributed by atoms with Gasteiger partial charge in [-0.05, 0) is 36.5 Å². The Kier molecular flexibility index (Phi) is 4.55. The average molecular weight is 321 g/mol. The molecule has 0 aromatic heterocycles. The van der Waals surface area contributed by atoms with Crippen LogP contribution in [0.1, 0.15) is 39.2 Å². The summed E-state index contributed by atoms with van der Waals surface area (Å²) in [6, 6.07) is 10.2. The van der Waals surface area contributed by atoms with Gasteiger partial charge in [-0.2, -0.15) is 0 Å². The Hall–Kier alpha value is -1.13. The Morgan fingerprint density at radius 2 is 1.82 bits per heavy atom. The van der Waals surface area contributed by atoms with Crippen LogP contribution in [-0.4, -0.2) is 21.4 Å². The summed E-state index contributed by atoms with van der Waals surface area (Å²) in [6.07, 6.45) is 1.71. The van der Waals surface area contributed by atoms with Gasteiger partial charge in [0.25, 0.3) is 0 Å². The van der Waals surface area contributed by atoms with E-state index in [0.717, 1.165) is 18.4 Å². The fourth-order valence-electron chi connectivity index (χ4n) is 2.86. The standard InChI is InChI=1S/C18H28O3Si/c1-17(2,3)22(5,6)21-18(14-10-8-7-9-11-14)13-12-15(18)16(19)20-4/h7-11,15H,12-13H2,1-6H3/t15-,18?/m1/s1. The van der Waals surface area contributed by atoms with E-state index >= 15 is 0 Å². The molecule has 0 amide bonds. The molecule has 1 aromatic carbocycles. The summed E-state index contributed by atoms with van der Waals surface area (Å²) >= 11 is 0. The number of carbonyl (C=O) groups excluding carboxylic acids is 1. The van der Waals surface area contributed by atoms with Crippen molar-refractivity contribution in [3.8, 4) is 0 Å². The molecule has 2 rings (SSSR count). The molecular formula is C18H28O3Si. The summed E-state index contributed by atoms with van der Waals surface area (Å²) in [5.41, 5.74) is 0.582. The Morgan fingerprint density at radius 3 is 2.23 bits per heavy atom. The molecule has 1 aromatic rings. The topological polar surface area (TPSA) is 35.5 Å². The SMILES string of the molecule is COC(=O)[C@H]1CCC1(O[Si](C)(C)C(C)(C)C)c1ccccc1. The number of carbonyl (C=O) groups is 1. The molecule has 2 atom stereocenters. The zero-order chi connectivity index (χ0) is 16.6. The molecule has 0 N–H and O–H groups in total. The molecule has 0 heterocycles. The molecule has 0 aliphatic heterocycles. The van der Waals surface area contributed by atoms with Crippen molar-refractivity contribution >= 4 is 14.3 Å². The van der Waals surface area contributed by atoms with Crippen LogP contribution < -0.4 is 0 Å². The number of rotatable bonds is 4. The van der Waals surface area contributed by atoms with Crippen LogP contribution in [-0.2, 0) is 19.6 Å². The third-order valence-corrected chi connectivity index (χ3v) is 9.85. The van der Waals surface area contributed by atoms with Gasteiger partial charge < -0.3 is 9.16 Å². The summed E-state index contributed by atoms with van der Waals surface area (Å²) in [7, 11) is -0.540. The van der Waals surface area contributed by atoms with Crippen LogP contribution in [0.25, 0.3) is 0 Å². The van der Waals surface area contributed by atoms with Crippen molar-refractivity contribution < 1.29 is 14.0 Å². The first kappa shape index (κ1) is 17.2. The van der Waals surface area contributed by atoms with Crippen LogP contribution in [0.4, 0.5) is 0 Å². The highest BCUT2D eigenvalue weighted by Crippen LogP contribution is 2.54. The second kappa shape index (κ2) is 5.82. The minimum absolute atomic E-state index is 0.102. The van der Waals surface area contributed by atoms with Crippen molar-refractivity contribution in [3.63, 3.8) is 0 Å². The minimum Gasteiger partial charge on any atom is -0.469 e. The van der Waals surface area contributed by atoms with E-state index in [4.69, 9.17) is 9.16 Å². The first-order valence-corrected chi connectivity index (χ1v) is 10.9. The van der Waals surface area contributed by atoms with Crippen molar-refractivity contribution in [1.29, 1.82) is 0 Å². The monoisotopic (exact) mass is 320 g/mol. The smallest absolute Gasteiger partial charge is 0.311 e. The molecule has 0 saturated heterocycles. The average Bonchev–Trinajstić information content (AvgIpc) is 2.43. The molecule has 0 spiro atoms. The summed E-state index contributed by atoms with van der Waals surface area (Å²) in [5.74, 6) is -0.358. The number of hydrogen-bond acceptors (Lipinski definition) is 3. The minimum atomic E-state index is -2.00. The first-order chi connectivity index (χ1) is 10.1. The van der Waals surface area contributed by atoms with E-state index in [1.807, 2.05) is 18.2 Å². The van der Waals surface area contributed by atoms with Crippen molar-refractivity contribution in [2.24, 2.45) is 5.92 Å². The lowest BCUT2D eigenvalue weighted by Gasteiger charge is -2.54. The lowest BCUT2D eigenvalue weighted by molar-refractivity contribution is -0.169. The van der Waals surface area contributed by atoms with Crippen LogP contribution in [0.2, 0.25) is 18.1 Å². The molecule has 4 heteroatoms. The van der Waals surface area contributed by atoms with Crippen LogP contribution in [0, 0.1) is 5.92 Å². The normalized spacial score (nSPS) is 25.5. The van der Waals surface area contributed by atoms with Crippen LogP contribution in [0.3, 0.4) is 0 Å². The second-order valence-electron chi connectivity index (χ2n) is 7.73. The van der Waals surface area contributed by atoms with Crippen LogP contribution in [0.5, 0.6) is 0 Å². The summed E-state index contributed by atoms with van der Waals surface area (Å²) in [4.78, 5) is 12.2. The Bertz CT molecular complexity index is 533. The molecule has 22 heavy (non-hydrogen) atoms. The molecule has 1 saturated carbocycles. The Balaban J connectivity index is 2.43. The van der Waals surface area contributed by atoms with Gasteiger partial charge >= 0.3 is 5.97 Å². The van der Waals surface area contributed by atoms with Gasteiger partial charge in [0.1, 0.15) is 0 Å². The maximum atomic E-state index is 12.2. The highest BCUT2D eigenvalue weighted by molar-refractivity contribution is 6.74. The highest BCUT2D eigenvalue weighted by Gasteiger charge is 2.57. The van der Waals surface area contributed by atoms with Gasteiger partial charge in [-0.1, -0.05) is 51.1 Å². The number of hydrogen-bond donors (Lipinski definition) is 0.